The normalized spacial score (nSPS) is 20.9. The number of nitrogens with zero attached hydrogens (tertiary/aromatic N) is 3. The van der Waals surface area contributed by atoms with Crippen LogP contribution in [0.5, 0.6) is 0 Å². The van der Waals surface area contributed by atoms with Crippen molar-refractivity contribution in [3.05, 3.63) is 35.4 Å². The van der Waals surface area contributed by atoms with Crippen molar-refractivity contribution >= 4 is 17.7 Å². The fraction of sp³-hybridized carbons (Fsp3) is 0.654. The Labute approximate surface area is 198 Å². The maximum atomic E-state index is 13.4. The summed E-state index contributed by atoms with van der Waals surface area (Å²) in [6.07, 6.45) is 3.90. The number of nitrogens with one attached hydrogen (secondary N) is 1. The van der Waals surface area contributed by atoms with Crippen molar-refractivity contribution in [3.63, 3.8) is 0 Å². The topological polar surface area (TPSA) is 73.0 Å². The van der Waals surface area contributed by atoms with Crippen molar-refractivity contribution in [1.82, 2.24) is 20.0 Å². The lowest BCUT2D eigenvalue weighted by atomic mass is 9.80. The SMILES string of the molecule is CCCCN1C(=O)[C@H](CC(C)C)NC(=O)C12CCN(Cc1ccc(C(=O)N(C)C)cc1)CC2. The molecule has 2 heterocycles. The minimum absolute atomic E-state index is 0.00242. The lowest BCUT2D eigenvalue weighted by molar-refractivity contribution is -0.161. The minimum atomic E-state index is -0.724. The van der Waals surface area contributed by atoms with Gasteiger partial charge in [0.15, 0.2) is 0 Å². The van der Waals surface area contributed by atoms with Crippen LogP contribution in [0.4, 0.5) is 0 Å². The van der Waals surface area contributed by atoms with E-state index in [1.807, 2.05) is 29.2 Å². The van der Waals surface area contributed by atoms with E-state index in [4.69, 9.17) is 0 Å². The molecule has 7 heteroatoms. The molecule has 2 aliphatic rings. The highest BCUT2D eigenvalue weighted by Gasteiger charge is 2.53. The van der Waals surface area contributed by atoms with E-state index in [0.717, 1.165) is 38.0 Å². The molecule has 3 rings (SSSR count). The maximum absolute atomic E-state index is 13.4. The third kappa shape index (κ3) is 5.57. The number of piperazine rings is 1. The monoisotopic (exact) mass is 456 g/mol. The van der Waals surface area contributed by atoms with Crippen LogP contribution < -0.4 is 5.32 Å². The number of carbonyl (C=O) groups is 3. The number of likely N-dealkylation sites (tertiary alicyclic amines) is 1. The molecule has 1 spiro atoms. The Kier molecular flexibility index (Phi) is 8.16. The molecule has 1 N–H and O–H groups in total. The van der Waals surface area contributed by atoms with Crippen LogP contribution in [0.25, 0.3) is 0 Å². The molecule has 0 bridgehead atoms. The van der Waals surface area contributed by atoms with Gasteiger partial charge in [0.2, 0.25) is 11.8 Å². The Balaban J connectivity index is 1.68. The van der Waals surface area contributed by atoms with Crippen LogP contribution >= 0.6 is 0 Å². The first-order valence-electron chi connectivity index (χ1n) is 12.3. The average Bonchev–Trinajstić information content (AvgIpc) is 2.78. The van der Waals surface area contributed by atoms with Gasteiger partial charge in [-0.1, -0.05) is 39.3 Å². The number of amides is 3. The molecule has 2 saturated heterocycles. The third-order valence-electron chi connectivity index (χ3n) is 6.95. The fourth-order valence-electron chi connectivity index (χ4n) is 4.99. The van der Waals surface area contributed by atoms with Crippen LogP contribution in [-0.4, -0.2) is 77.7 Å². The van der Waals surface area contributed by atoms with Crippen LogP contribution in [-0.2, 0) is 16.1 Å². The van der Waals surface area contributed by atoms with Crippen molar-refractivity contribution in [2.45, 2.75) is 71.0 Å². The van der Waals surface area contributed by atoms with Crippen molar-refractivity contribution in [2.24, 2.45) is 5.92 Å². The van der Waals surface area contributed by atoms with E-state index in [-0.39, 0.29) is 17.7 Å². The summed E-state index contributed by atoms with van der Waals surface area (Å²) in [6.45, 7) is 9.23. The smallest absolute Gasteiger partial charge is 0.253 e. The number of benzene rings is 1. The summed E-state index contributed by atoms with van der Waals surface area (Å²) < 4.78 is 0. The zero-order valence-electron chi connectivity index (χ0n) is 20.9. The van der Waals surface area contributed by atoms with Gasteiger partial charge >= 0.3 is 0 Å². The Hall–Kier alpha value is -2.41. The molecule has 1 aromatic carbocycles. The van der Waals surface area contributed by atoms with Gasteiger partial charge in [0, 0.05) is 45.8 Å². The highest BCUT2D eigenvalue weighted by molar-refractivity contribution is 6.00. The highest BCUT2D eigenvalue weighted by atomic mass is 16.2. The summed E-state index contributed by atoms with van der Waals surface area (Å²) in [5.41, 5.74) is 1.10. The van der Waals surface area contributed by atoms with Gasteiger partial charge < -0.3 is 15.1 Å². The first kappa shape index (κ1) is 25.2. The standard InChI is InChI=1S/C26H40N4O3/c1-6-7-14-30-24(32)22(17-19(2)3)27-25(33)26(30)12-15-29(16-13-26)18-20-8-10-21(11-9-20)23(31)28(4)5/h8-11,19,22H,6-7,12-18H2,1-5H3,(H,27,33)/t22-/m0/s1. The zero-order chi connectivity index (χ0) is 24.2. The molecular formula is C26H40N4O3. The molecule has 3 amide bonds. The summed E-state index contributed by atoms with van der Waals surface area (Å²) in [4.78, 5) is 44.6. The highest BCUT2D eigenvalue weighted by Crippen LogP contribution is 2.34. The number of piperidine rings is 1. The van der Waals surface area contributed by atoms with E-state index in [1.54, 1.807) is 19.0 Å². The molecule has 1 aromatic rings. The minimum Gasteiger partial charge on any atom is -0.345 e. The number of carbonyl (C=O) groups excluding carboxylic acids is 3. The summed E-state index contributed by atoms with van der Waals surface area (Å²) >= 11 is 0. The maximum Gasteiger partial charge on any atom is 0.253 e. The molecule has 182 valence electrons. The molecule has 2 aliphatic heterocycles. The van der Waals surface area contributed by atoms with Gasteiger partial charge in [-0.15, -0.1) is 0 Å². The first-order valence-corrected chi connectivity index (χ1v) is 12.3. The van der Waals surface area contributed by atoms with Gasteiger partial charge in [0.05, 0.1) is 0 Å². The molecule has 0 unspecified atom stereocenters. The largest absolute Gasteiger partial charge is 0.345 e. The Morgan fingerprint density at radius 3 is 2.33 bits per heavy atom. The van der Waals surface area contributed by atoms with Crippen molar-refractivity contribution < 1.29 is 14.4 Å². The van der Waals surface area contributed by atoms with Crippen LogP contribution in [0.1, 0.15) is 68.8 Å². The predicted molar refractivity (Wildman–Crippen MR) is 130 cm³/mol. The molecule has 1 atom stereocenters. The van der Waals surface area contributed by atoms with Gasteiger partial charge in [0.1, 0.15) is 11.6 Å². The first-order chi connectivity index (χ1) is 15.7. The quantitative estimate of drug-likeness (QED) is 0.653. The molecular weight excluding hydrogens is 416 g/mol. The molecule has 0 saturated carbocycles. The van der Waals surface area contributed by atoms with Gasteiger partial charge in [-0.25, -0.2) is 0 Å². The number of unbranched alkanes of at least 4 members (excludes halogenated alkanes) is 1. The Morgan fingerprint density at radius 2 is 1.79 bits per heavy atom. The number of rotatable bonds is 8. The van der Waals surface area contributed by atoms with E-state index in [9.17, 15) is 14.4 Å². The van der Waals surface area contributed by atoms with Gasteiger partial charge in [-0.05, 0) is 49.3 Å². The van der Waals surface area contributed by atoms with Crippen LogP contribution in [0.15, 0.2) is 24.3 Å². The Morgan fingerprint density at radius 1 is 1.15 bits per heavy atom. The third-order valence-corrected chi connectivity index (χ3v) is 6.95. The lowest BCUT2D eigenvalue weighted by Crippen LogP contribution is -2.73. The Bertz CT molecular complexity index is 842. The van der Waals surface area contributed by atoms with Crippen LogP contribution in [0.3, 0.4) is 0 Å². The average molecular weight is 457 g/mol. The molecule has 0 radical (unpaired) electrons. The second kappa shape index (κ2) is 10.7. The predicted octanol–water partition coefficient (Wildman–Crippen LogP) is 2.90. The molecule has 2 fully saturated rings. The summed E-state index contributed by atoms with van der Waals surface area (Å²) in [7, 11) is 3.50. The van der Waals surface area contributed by atoms with Crippen molar-refractivity contribution in [1.29, 1.82) is 0 Å². The van der Waals surface area contributed by atoms with E-state index < -0.39 is 11.6 Å². The number of hydrogen-bond donors (Lipinski definition) is 1. The molecule has 0 aliphatic carbocycles. The van der Waals surface area contributed by atoms with E-state index in [2.05, 4.69) is 31.0 Å². The summed E-state index contributed by atoms with van der Waals surface area (Å²) in [5.74, 6) is 0.460. The van der Waals surface area contributed by atoms with Crippen LogP contribution in [0.2, 0.25) is 0 Å². The molecule has 7 nitrogen and oxygen atoms in total. The van der Waals surface area contributed by atoms with Gasteiger partial charge in [0.25, 0.3) is 5.91 Å². The van der Waals surface area contributed by atoms with Crippen molar-refractivity contribution in [2.75, 3.05) is 33.7 Å². The van der Waals surface area contributed by atoms with E-state index in [0.29, 0.717) is 37.3 Å². The second-order valence-electron chi connectivity index (χ2n) is 10.2. The van der Waals surface area contributed by atoms with Crippen LogP contribution in [0, 0.1) is 5.92 Å². The summed E-state index contributed by atoms with van der Waals surface area (Å²) in [5, 5.41) is 3.07. The van der Waals surface area contributed by atoms with E-state index >= 15 is 0 Å². The molecule has 33 heavy (non-hydrogen) atoms. The van der Waals surface area contributed by atoms with Gasteiger partial charge in [-0.3, -0.25) is 19.3 Å². The lowest BCUT2D eigenvalue weighted by Gasteiger charge is -2.52. The number of hydrogen-bond acceptors (Lipinski definition) is 4. The summed E-state index contributed by atoms with van der Waals surface area (Å²) in [6, 6.07) is 7.35. The second-order valence-corrected chi connectivity index (χ2v) is 10.2. The van der Waals surface area contributed by atoms with Gasteiger partial charge in [-0.2, -0.15) is 0 Å². The zero-order valence-corrected chi connectivity index (χ0v) is 20.9. The fourth-order valence-corrected chi connectivity index (χ4v) is 4.99. The molecule has 0 aromatic heterocycles. The van der Waals surface area contributed by atoms with Crippen molar-refractivity contribution in [3.8, 4) is 0 Å². The van der Waals surface area contributed by atoms with E-state index in [1.165, 1.54) is 0 Å².